The van der Waals surface area contributed by atoms with E-state index >= 15 is 0 Å². The van der Waals surface area contributed by atoms with Gasteiger partial charge in [-0.2, -0.15) is 0 Å². The monoisotopic (exact) mass is 204 g/mol. The molecule has 0 aliphatic heterocycles. The van der Waals surface area contributed by atoms with E-state index < -0.39 is 0 Å². The lowest BCUT2D eigenvalue weighted by Crippen LogP contribution is -2.00. The molecule has 1 aromatic carbocycles. The Balaban J connectivity index is 2.89. The van der Waals surface area contributed by atoms with Crippen molar-refractivity contribution in [2.24, 2.45) is 4.99 Å². The van der Waals surface area contributed by atoms with Crippen LogP contribution >= 0.6 is 23.2 Å². The lowest BCUT2D eigenvalue weighted by Gasteiger charge is -1.96. The topological polar surface area (TPSA) is 44.6 Å². The Kier molecular flexibility index (Phi) is 3.34. The van der Waals surface area contributed by atoms with Crippen LogP contribution in [0.5, 0.6) is 0 Å². The molecular weight excluding hydrogens is 199 g/mol. The van der Waals surface area contributed by atoms with Gasteiger partial charge in [-0.05, 0) is 18.2 Å². The molecule has 0 atom stereocenters. The van der Waals surface area contributed by atoms with E-state index in [0.717, 1.165) is 6.34 Å². The summed E-state index contributed by atoms with van der Waals surface area (Å²) in [5, 5.41) is 9.11. The van der Waals surface area contributed by atoms with E-state index in [2.05, 4.69) is 4.99 Å². The van der Waals surface area contributed by atoms with Crippen LogP contribution in [0.1, 0.15) is 0 Å². The number of hydrogen-bond acceptors (Lipinski definition) is 2. The molecule has 64 valence electrons. The Hall–Kier alpha value is -0.770. The zero-order chi connectivity index (χ0) is 8.97. The zero-order valence-electron chi connectivity index (χ0n) is 5.96. The first kappa shape index (κ1) is 9.32. The number of nitrogens with zero attached hydrogens (tertiary/aromatic N) is 1. The lowest BCUT2D eigenvalue weighted by atomic mass is 10.3. The van der Waals surface area contributed by atoms with Gasteiger partial charge >= 0.3 is 0 Å². The second-order valence-electron chi connectivity index (χ2n) is 1.99. The number of halogens is 2. The molecular formula is C7H6Cl2N2O. The van der Waals surface area contributed by atoms with E-state index in [9.17, 15) is 0 Å². The first-order valence-electron chi connectivity index (χ1n) is 3.11. The van der Waals surface area contributed by atoms with Crippen molar-refractivity contribution >= 4 is 35.2 Å². The minimum Gasteiger partial charge on any atom is -0.290 e. The summed E-state index contributed by atoms with van der Waals surface area (Å²) in [6.45, 7) is 0. The van der Waals surface area contributed by atoms with E-state index in [1.165, 1.54) is 0 Å². The van der Waals surface area contributed by atoms with Crippen LogP contribution in [0.15, 0.2) is 23.2 Å². The maximum absolute atomic E-state index is 8.19. The molecule has 5 heteroatoms. The molecule has 0 fully saturated rings. The SMILES string of the molecule is ONC=Nc1ccc(Cl)c(Cl)c1. The van der Waals surface area contributed by atoms with E-state index in [1.54, 1.807) is 23.7 Å². The van der Waals surface area contributed by atoms with E-state index in [-0.39, 0.29) is 0 Å². The molecule has 2 N–H and O–H groups in total. The van der Waals surface area contributed by atoms with Crippen LogP contribution in [0.3, 0.4) is 0 Å². The Bertz CT molecular complexity index is 301. The van der Waals surface area contributed by atoms with Gasteiger partial charge in [0.2, 0.25) is 0 Å². The van der Waals surface area contributed by atoms with Gasteiger partial charge in [0.25, 0.3) is 0 Å². The molecule has 0 aromatic heterocycles. The molecule has 0 spiro atoms. The second-order valence-corrected chi connectivity index (χ2v) is 2.80. The van der Waals surface area contributed by atoms with Gasteiger partial charge in [-0.15, -0.1) is 0 Å². The van der Waals surface area contributed by atoms with Crippen LogP contribution in [0.25, 0.3) is 0 Å². The average Bonchev–Trinajstić information content (AvgIpc) is 2.07. The quantitative estimate of drug-likeness (QED) is 0.442. The molecule has 0 saturated carbocycles. The van der Waals surface area contributed by atoms with Crippen molar-refractivity contribution in [3.63, 3.8) is 0 Å². The average molecular weight is 205 g/mol. The molecule has 1 rings (SSSR count). The first-order chi connectivity index (χ1) is 5.74. The Morgan fingerprint density at radius 1 is 1.33 bits per heavy atom. The smallest absolute Gasteiger partial charge is 0.113 e. The highest BCUT2D eigenvalue weighted by atomic mass is 35.5. The predicted octanol–water partition coefficient (Wildman–Crippen LogP) is 2.63. The number of hydrogen-bond donors (Lipinski definition) is 2. The van der Waals surface area contributed by atoms with Gasteiger partial charge < -0.3 is 0 Å². The molecule has 0 saturated heterocycles. The fourth-order valence-electron chi connectivity index (χ4n) is 0.669. The number of rotatable bonds is 2. The fourth-order valence-corrected chi connectivity index (χ4v) is 0.961. The predicted molar refractivity (Wildman–Crippen MR) is 49.5 cm³/mol. The highest BCUT2D eigenvalue weighted by molar-refractivity contribution is 6.42. The summed E-state index contributed by atoms with van der Waals surface area (Å²) in [5.41, 5.74) is 2.40. The fraction of sp³-hybridized carbons (Fsp3) is 0. The number of aliphatic imine (C=N–C) groups is 1. The molecule has 0 unspecified atom stereocenters. The summed E-state index contributed by atoms with van der Waals surface area (Å²) in [4.78, 5) is 3.80. The van der Waals surface area contributed by atoms with Crippen LogP contribution in [0, 0.1) is 0 Å². The van der Waals surface area contributed by atoms with Crippen LogP contribution < -0.4 is 5.48 Å². The Labute approximate surface area is 79.6 Å². The van der Waals surface area contributed by atoms with Gasteiger partial charge in [0.05, 0.1) is 15.7 Å². The molecule has 0 radical (unpaired) electrons. The molecule has 0 aliphatic rings. The third-order valence-corrected chi connectivity index (χ3v) is 1.91. The minimum atomic E-state index is 0.434. The highest BCUT2D eigenvalue weighted by Gasteiger charge is 1.96. The lowest BCUT2D eigenvalue weighted by molar-refractivity contribution is 0.240. The van der Waals surface area contributed by atoms with Crippen molar-refractivity contribution in [1.82, 2.24) is 5.48 Å². The van der Waals surface area contributed by atoms with Crippen LogP contribution in [0.2, 0.25) is 10.0 Å². The third-order valence-electron chi connectivity index (χ3n) is 1.17. The number of nitrogens with one attached hydrogen (secondary N) is 1. The van der Waals surface area contributed by atoms with Gasteiger partial charge in [-0.25, -0.2) is 4.99 Å². The molecule has 0 aliphatic carbocycles. The van der Waals surface area contributed by atoms with Crippen LogP contribution in [-0.4, -0.2) is 11.5 Å². The van der Waals surface area contributed by atoms with Crippen LogP contribution in [-0.2, 0) is 0 Å². The summed E-state index contributed by atoms with van der Waals surface area (Å²) >= 11 is 11.4. The maximum Gasteiger partial charge on any atom is 0.113 e. The van der Waals surface area contributed by atoms with Gasteiger partial charge in [-0.1, -0.05) is 23.2 Å². The summed E-state index contributed by atoms with van der Waals surface area (Å²) < 4.78 is 0. The molecule has 3 nitrogen and oxygen atoms in total. The van der Waals surface area contributed by atoms with Crippen molar-refractivity contribution in [1.29, 1.82) is 0 Å². The molecule has 0 heterocycles. The summed E-state index contributed by atoms with van der Waals surface area (Å²) in [6, 6.07) is 4.91. The number of hydroxylamine groups is 1. The standard InChI is InChI=1S/C7H6Cl2N2O/c8-6-2-1-5(3-7(6)9)10-4-11-12/h1-4,12H,(H,10,11). The minimum absolute atomic E-state index is 0.434. The van der Waals surface area contributed by atoms with Crippen LogP contribution in [0.4, 0.5) is 5.69 Å². The third kappa shape index (κ3) is 2.37. The number of benzene rings is 1. The molecule has 1 aromatic rings. The maximum atomic E-state index is 8.19. The van der Waals surface area contributed by atoms with E-state index in [4.69, 9.17) is 28.4 Å². The molecule has 12 heavy (non-hydrogen) atoms. The summed E-state index contributed by atoms with van der Waals surface area (Å²) in [6.07, 6.45) is 1.14. The zero-order valence-corrected chi connectivity index (χ0v) is 7.47. The molecule has 0 bridgehead atoms. The Morgan fingerprint density at radius 3 is 2.67 bits per heavy atom. The first-order valence-corrected chi connectivity index (χ1v) is 3.87. The van der Waals surface area contributed by atoms with Gasteiger partial charge in [0, 0.05) is 0 Å². The second kappa shape index (κ2) is 4.30. The normalized spacial score (nSPS) is 10.6. The summed E-state index contributed by atoms with van der Waals surface area (Å²) in [5.74, 6) is 0. The van der Waals surface area contributed by atoms with E-state index in [1.807, 2.05) is 0 Å². The molecule has 0 amide bonds. The van der Waals surface area contributed by atoms with Crippen molar-refractivity contribution in [3.05, 3.63) is 28.2 Å². The van der Waals surface area contributed by atoms with Crippen molar-refractivity contribution < 1.29 is 5.21 Å². The van der Waals surface area contributed by atoms with Crippen molar-refractivity contribution in [2.45, 2.75) is 0 Å². The van der Waals surface area contributed by atoms with Gasteiger partial charge in [0.15, 0.2) is 0 Å². The highest BCUT2D eigenvalue weighted by Crippen LogP contribution is 2.26. The largest absolute Gasteiger partial charge is 0.290 e. The van der Waals surface area contributed by atoms with Crippen molar-refractivity contribution in [3.8, 4) is 0 Å². The van der Waals surface area contributed by atoms with Crippen molar-refractivity contribution in [2.75, 3.05) is 0 Å². The van der Waals surface area contributed by atoms with E-state index in [0.29, 0.717) is 15.7 Å². The van der Waals surface area contributed by atoms with Gasteiger partial charge in [0.1, 0.15) is 6.34 Å². The van der Waals surface area contributed by atoms with Gasteiger partial charge in [-0.3, -0.25) is 10.7 Å². The summed E-state index contributed by atoms with van der Waals surface area (Å²) in [7, 11) is 0. The Morgan fingerprint density at radius 2 is 2.08 bits per heavy atom.